The SMILES string of the molecule is COP(=O)(C=C(CCc1ccccc1)CCc1ccccc1)OC. The van der Waals surface area contributed by atoms with Gasteiger partial charge in [-0.05, 0) is 36.8 Å². The summed E-state index contributed by atoms with van der Waals surface area (Å²) in [4.78, 5) is 0. The molecule has 0 aliphatic heterocycles. The van der Waals surface area contributed by atoms with Gasteiger partial charge in [0.05, 0.1) is 0 Å². The third kappa shape index (κ3) is 6.09. The highest BCUT2D eigenvalue weighted by molar-refractivity contribution is 7.57. The van der Waals surface area contributed by atoms with Gasteiger partial charge >= 0.3 is 7.60 Å². The van der Waals surface area contributed by atoms with Crippen LogP contribution in [-0.2, 0) is 26.5 Å². The molecule has 0 spiro atoms. The maximum Gasteiger partial charge on any atom is 0.353 e. The molecule has 0 fully saturated rings. The van der Waals surface area contributed by atoms with Gasteiger partial charge in [-0.15, -0.1) is 0 Å². The molecule has 0 N–H and O–H groups in total. The van der Waals surface area contributed by atoms with E-state index in [9.17, 15) is 4.57 Å². The number of hydrogen-bond donors (Lipinski definition) is 0. The summed E-state index contributed by atoms with van der Waals surface area (Å²) in [5.41, 5.74) is 3.65. The van der Waals surface area contributed by atoms with Crippen molar-refractivity contribution < 1.29 is 13.6 Å². The Bertz CT molecular complexity index is 627. The first kappa shape index (κ1) is 18.7. The zero-order valence-corrected chi connectivity index (χ0v) is 15.2. The molecule has 0 aliphatic carbocycles. The number of benzene rings is 2. The zero-order chi connectivity index (χ0) is 17.3. The van der Waals surface area contributed by atoms with Crippen LogP contribution in [0.5, 0.6) is 0 Å². The van der Waals surface area contributed by atoms with Crippen molar-refractivity contribution >= 4 is 7.60 Å². The second kappa shape index (κ2) is 9.58. The number of aryl methyl sites for hydroxylation is 2. The lowest BCUT2D eigenvalue weighted by atomic mass is 10.00. The van der Waals surface area contributed by atoms with E-state index in [1.807, 2.05) is 36.4 Å². The number of allylic oxidation sites excluding steroid dienone is 1. The minimum atomic E-state index is -3.14. The molecule has 3 nitrogen and oxygen atoms in total. The van der Waals surface area contributed by atoms with Gasteiger partial charge in [0.2, 0.25) is 0 Å². The second-order valence-electron chi connectivity index (χ2n) is 5.66. The fourth-order valence-electron chi connectivity index (χ4n) is 2.56. The first-order valence-electron chi connectivity index (χ1n) is 8.15. The van der Waals surface area contributed by atoms with Gasteiger partial charge < -0.3 is 9.05 Å². The summed E-state index contributed by atoms with van der Waals surface area (Å²) in [5, 5.41) is 0. The lowest BCUT2D eigenvalue weighted by molar-refractivity contribution is 0.286. The molecule has 2 rings (SSSR count). The van der Waals surface area contributed by atoms with Crippen molar-refractivity contribution in [3.05, 3.63) is 83.2 Å². The van der Waals surface area contributed by atoms with Crippen LogP contribution in [0.3, 0.4) is 0 Å². The van der Waals surface area contributed by atoms with Gasteiger partial charge in [0.1, 0.15) is 0 Å². The topological polar surface area (TPSA) is 35.5 Å². The largest absolute Gasteiger partial charge is 0.353 e. The van der Waals surface area contributed by atoms with Crippen molar-refractivity contribution in [1.29, 1.82) is 0 Å². The zero-order valence-electron chi connectivity index (χ0n) is 14.4. The molecule has 0 aliphatic rings. The van der Waals surface area contributed by atoms with E-state index in [2.05, 4.69) is 24.3 Å². The van der Waals surface area contributed by atoms with Crippen LogP contribution >= 0.6 is 7.60 Å². The van der Waals surface area contributed by atoms with Crippen molar-refractivity contribution in [3.63, 3.8) is 0 Å². The molecular weight excluding hydrogens is 319 g/mol. The van der Waals surface area contributed by atoms with Gasteiger partial charge in [0.25, 0.3) is 0 Å². The Morgan fingerprint density at radius 1 is 0.833 bits per heavy atom. The van der Waals surface area contributed by atoms with Crippen LogP contribution in [0.15, 0.2) is 72.1 Å². The van der Waals surface area contributed by atoms with E-state index >= 15 is 0 Å². The number of hydrogen-bond acceptors (Lipinski definition) is 3. The minimum Gasteiger partial charge on any atom is -0.309 e. The van der Waals surface area contributed by atoms with E-state index < -0.39 is 7.60 Å². The second-order valence-corrected chi connectivity index (χ2v) is 7.73. The molecule has 4 heteroatoms. The third-order valence-electron chi connectivity index (χ3n) is 4.00. The van der Waals surface area contributed by atoms with Crippen LogP contribution < -0.4 is 0 Å². The standard InChI is InChI=1S/C20H25O3P/c1-22-24(21,23-2)17-20(15-13-18-9-5-3-6-10-18)16-14-19-11-7-4-8-12-19/h3-12,17H,13-16H2,1-2H3. The highest BCUT2D eigenvalue weighted by Gasteiger charge is 2.18. The molecule has 0 radical (unpaired) electrons. The number of rotatable bonds is 9. The highest BCUT2D eigenvalue weighted by atomic mass is 31.2. The molecule has 128 valence electrons. The lowest BCUT2D eigenvalue weighted by Crippen LogP contribution is -1.95. The summed E-state index contributed by atoms with van der Waals surface area (Å²) in [6, 6.07) is 20.6. The summed E-state index contributed by atoms with van der Waals surface area (Å²) in [5.74, 6) is 1.69. The Balaban J connectivity index is 2.08. The molecular formula is C20H25O3P. The Morgan fingerprint density at radius 2 is 1.25 bits per heavy atom. The molecule has 0 aromatic heterocycles. The predicted octanol–water partition coefficient (Wildman–Crippen LogP) is 5.62. The Hall–Kier alpha value is -1.67. The van der Waals surface area contributed by atoms with E-state index in [0.717, 1.165) is 31.3 Å². The smallest absolute Gasteiger partial charge is 0.309 e. The van der Waals surface area contributed by atoms with Crippen LogP contribution in [0.1, 0.15) is 24.0 Å². The first-order chi connectivity index (χ1) is 11.6. The predicted molar refractivity (Wildman–Crippen MR) is 99.2 cm³/mol. The highest BCUT2D eigenvalue weighted by Crippen LogP contribution is 2.49. The summed E-state index contributed by atoms with van der Waals surface area (Å²) in [7, 11) is -0.295. The molecule has 0 amide bonds. The van der Waals surface area contributed by atoms with E-state index in [1.165, 1.54) is 25.3 Å². The van der Waals surface area contributed by atoms with Gasteiger partial charge in [-0.25, -0.2) is 0 Å². The Kier molecular flexibility index (Phi) is 7.45. The van der Waals surface area contributed by atoms with Crippen LogP contribution in [0.25, 0.3) is 0 Å². The van der Waals surface area contributed by atoms with E-state index in [4.69, 9.17) is 9.05 Å². The van der Waals surface area contributed by atoms with Gasteiger partial charge in [-0.3, -0.25) is 4.57 Å². The van der Waals surface area contributed by atoms with Gasteiger partial charge in [-0.1, -0.05) is 66.2 Å². The van der Waals surface area contributed by atoms with E-state index in [1.54, 1.807) is 5.82 Å². The average molecular weight is 344 g/mol. The van der Waals surface area contributed by atoms with Crippen molar-refractivity contribution in [2.45, 2.75) is 25.7 Å². The fourth-order valence-corrected chi connectivity index (χ4v) is 3.62. The van der Waals surface area contributed by atoms with Crippen molar-refractivity contribution in [1.82, 2.24) is 0 Å². The van der Waals surface area contributed by atoms with Crippen molar-refractivity contribution in [3.8, 4) is 0 Å². The fraction of sp³-hybridized carbons (Fsp3) is 0.300. The molecule has 0 saturated heterocycles. The van der Waals surface area contributed by atoms with Crippen LogP contribution in [0.2, 0.25) is 0 Å². The molecule has 0 saturated carbocycles. The maximum atomic E-state index is 12.5. The van der Waals surface area contributed by atoms with Gasteiger partial charge in [0.15, 0.2) is 0 Å². The van der Waals surface area contributed by atoms with E-state index in [-0.39, 0.29) is 0 Å². The monoisotopic (exact) mass is 344 g/mol. The summed E-state index contributed by atoms with van der Waals surface area (Å²) in [6.07, 6.45) is 3.50. The molecule has 0 bridgehead atoms. The van der Waals surface area contributed by atoms with Crippen molar-refractivity contribution in [2.75, 3.05) is 14.2 Å². The third-order valence-corrected chi connectivity index (χ3v) is 5.70. The Labute approximate surface area is 144 Å². The minimum absolute atomic E-state index is 0.841. The summed E-state index contributed by atoms with van der Waals surface area (Å²) < 4.78 is 22.6. The van der Waals surface area contributed by atoms with Crippen LogP contribution in [0.4, 0.5) is 0 Å². The molecule has 0 heterocycles. The van der Waals surface area contributed by atoms with Crippen molar-refractivity contribution in [2.24, 2.45) is 0 Å². The molecule has 0 unspecified atom stereocenters. The summed E-state index contributed by atoms with van der Waals surface area (Å²) >= 11 is 0. The lowest BCUT2D eigenvalue weighted by Gasteiger charge is -2.13. The van der Waals surface area contributed by atoms with Gasteiger partial charge in [0, 0.05) is 20.0 Å². The first-order valence-corrected chi connectivity index (χ1v) is 9.76. The van der Waals surface area contributed by atoms with Crippen LogP contribution in [-0.4, -0.2) is 14.2 Å². The summed E-state index contributed by atoms with van der Waals surface area (Å²) in [6.45, 7) is 0. The van der Waals surface area contributed by atoms with E-state index in [0.29, 0.717) is 0 Å². The van der Waals surface area contributed by atoms with Gasteiger partial charge in [-0.2, -0.15) is 0 Å². The molecule has 24 heavy (non-hydrogen) atoms. The molecule has 2 aromatic carbocycles. The molecule has 2 aromatic rings. The maximum absolute atomic E-state index is 12.5. The average Bonchev–Trinajstić information content (AvgIpc) is 2.65. The Morgan fingerprint density at radius 3 is 1.62 bits per heavy atom. The normalized spacial score (nSPS) is 11.2. The van der Waals surface area contributed by atoms with Crippen LogP contribution in [0, 0.1) is 0 Å². The quantitative estimate of drug-likeness (QED) is 0.554. The molecule has 0 atom stereocenters.